The molecular weight excluding hydrogens is 388 g/mol. The average molecular weight is 412 g/mol. The summed E-state index contributed by atoms with van der Waals surface area (Å²) in [4.78, 5) is 25.2. The van der Waals surface area contributed by atoms with E-state index in [0.717, 1.165) is 17.2 Å². The van der Waals surface area contributed by atoms with Gasteiger partial charge in [-0.2, -0.15) is 0 Å². The molecule has 0 heterocycles. The van der Waals surface area contributed by atoms with Gasteiger partial charge >= 0.3 is 5.97 Å². The Kier molecular flexibility index (Phi) is 7.91. The first-order valence-electron chi connectivity index (χ1n) is 9.90. The third kappa shape index (κ3) is 7.10. The van der Waals surface area contributed by atoms with E-state index >= 15 is 0 Å². The summed E-state index contributed by atoms with van der Waals surface area (Å²) in [5.41, 5.74) is 8.65. The molecule has 1 atom stereocenters. The zero-order valence-corrected chi connectivity index (χ0v) is 17.0. The molecule has 1 amide bonds. The molecule has 0 radical (unpaired) electrons. The Morgan fingerprint density at radius 3 is 2.10 bits per heavy atom. The maximum absolute atomic E-state index is 12.8. The Labute approximate surface area is 181 Å². The first kappa shape index (κ1) is 21.7. The number of amides is 1. The fourth-order valence-electron chi connectivity index (χ4n) is 2.82. The van der Waals surface area contributed by atoms with E-state index in [0.29, 0.717) is 12.1 Å². The van der Waals surface area contributed by atoms with E-state index < -0.39 is 12.2 Å². The minimum absolute atomic E-state index is 0.171. The quantitative estimate of drug-likeness (QED) is 0.252. The molecule has 0 aliphatic rings. The number of nitrogens with one attached hydrogen (secondary N) is 1. The second-order valence-corrected chi connectivity index (χ2v) is 6.78. The highest BCUT2D eigenvalue weighted by molar-refractivity contribution is 6.02. The molecule has 0 fully saturated rings. The van der Waals surface area contributed by atoms with E-state index in [1.807, 2.05) is 78.9 Å². The molecule has 0 spiro atoms. The van der Waals surface area contributed by atoms with Crippen LogP contribution in [0.15, 0.2) is 109 Å². The minimum atomic E-state index is -0.920. The van der Waals surface area contributed by atoms with Crippen molar-refractivity contribution in [3.63, 3.8) is 0 Å². The van der Waals surface area contributed by atoms with Gasteiger partial charge in [0.25, 0.3) is 5.91 Å². The van der Waals surface area contributed by atoms with Gasteiger partial charge in [-0.3, -0.25) is 10.5 Å². The van der Waals surface area contributed by atoms with Crippen LogP contribution in [0.2, 0.25) is 0 Å². The Hall–Kier alpha value is -3.96. The summed E-state index contributed by atoms with van der Waals surface area (Å²) in [5, 5.41) is 2.83. The summed E-state index contributed by atoms with van der Waals surface area (Å²) in [6.07, 6.45) is 3.59. The lowest BCUT2D eigenvalue weighted by atomic mass is 10.1. The molecule has 3 aromatic rings. The highest BCUT2D eigenvalue weighted by Gasteiger charge is 2.13. The lowest BCUT2D eigenvalue weighted by Gasteiger charge is -2.12. The van der Waals surface area contributed by atoms with Crippen molar-refractivity contribution >= 4 is 18.0 Å². The monoisotopic (exact) mass is 412 g/mol. The summed E-state index contributed by atoms with van der Waals surface area (Å²) >= 11 is 0. The molecule has 0 aliphatic carbocycles. The highest BCUT2D eigenvalue weighted by atomic mass is 16.6. The maximum Gasteiger partial charge on any atom is 0.333 e. The normalized spacial score (nSPS) is 12.4. The van der Waals surface area contributed by atoms with Crippen LogP contribution in [0.5, 0.6) is 0 Å². The van der Waals surface area contributed by atoms with Crippen molar-refractivity contribution in [1.82, 2.24) is 5.32 Å². The predicted molar refractivity (Wildman–Crippen MR) is 121 cm³/mol. The van der Waals surface area contributed by atoms with Gasteiger partial charge in [-0.25, -0.2) is 4.79 Å². The fraction of sp³-hybridized carbons (Fsp3) is 0.0769. The van der Waals surface area contributed by atoms with Crippen molar-refractivity contribution in [1.29, 1.82) is 0 Å². The van der Waals surface area contributed by atoms with Gasteiger partial charge in [0.05, 0.1) is 0 Å². The number of benzene rings is 3. The van der Waals surface area contributed by atoms with Crippen LogP contribution in [0.3, 0.4) is 0 Å². The largest absolute Gasteiger partial charge is 0.439 e. The van der Waals surface area contributed by atoms with Crippen LogP contribution in [0.1, 0.15) is 22.9 Å². The summed E-state index contributed by atoms with van der Waals surface area (Å²) in [7, 11) is 0. The first-order chi connectivity index (χ1) is 15.1. The topological polar surface area (TPSA) is 81.4 Å². The Balaban J connectivity index is 1.74. The van der Waals surface area contributed by atoms with Gasteiger partial charge in [-0.05, 0) is 17.2 Å². The van der Waals surface area contributed by atoms with Gasteiger partial charge in [-0.1, -0.05) is 97.1 Å². The number of nitrogens with two attached hydrogens (primary N) is 1. The SMILES string of the molecule is NC(OC(=O)C=C(C=Cc1ccccc1)C(=O)NCc1ccccc1)c1ccccc1. The molecule has 0 saturated carbocycles. The predicted octanol–water partition coefficient (Wildman–Crippen LogP) is 4.14. The molecule has 156 valence electrons. The minimum Gasteiger partial charge on any atom is -0.439 e. The van der Waals surface area contributed by atoms with E-state index in [1.54, 1.807) is 24.3 Å². The van der Waals surface area contributed by atoms with Crippen molar-refractivity contribution in [2.45, 2.75) is 12.8 Å². The molecule has 0 aromatic heterocycles. The van der Waals surface area contributed by atoms with Crippen LogP contribution < -0.4 is 11.1 Å². The van der Waals surface area contributed by atoms with Gasteiger partial charge in [0, 0.05) is 23.8 Å². The molecule has 3 aromatic carbocycles. The smallest absolute Gasteiger partial charge is 0.333 e. The number of hydrogen-bond donors (Lipinski definition) is 2. The highest BCUT2D eigenvalue weighted by Crippen LogP contribution is 2.13. The van der Waals surface area contributed by atoms with Gasteiger partial charge in [0.2, 0.25) is 0 Å². The lowest BCUT2D eigenvalue weighted by Crippen LogP contribution is -2.25. The molecule has 0 bridgehead atoms. The van der Waals surface area contributed by atoms with E-state index in [4.69, 9.17) is 10.5 Å². The second-order valence-electron chi connectivity index (χ2n) is 6.78. The van der Waals surface area contributed by atoms with Crippen molar-refractivity contribution in [2.24, 2.45) is 5.73 Å². The summed E-state index contributed by atoms with van der Waals surface area (Å²) in [6.45, 7) is 0.342. The van der Waals surface area contributed by atoms with Crippen molar-refractivity contribution in [2.75, 3.05) is 0 Å². The van der Waals surface area contributed by atoms with Crippen molar-refractivity contribution < 1.29 is 14.3 Å². The molecule has 0 saturated heterocycles. The Morgan fingerprint density at radius 2 is 1.45 bits per heavy atom. The van der Waals surface area contributed by atoms with Gasteiger partial charge < -0.3 is 10.1 Å². The Morgan fingerprint density at radius 1 is 0.871 bits per heavy atom. The Bertz CT molecular complexity index is 1050. The van der Waals surface area contributed by atoms with Crippen LogP contribution in [0.4, 0.5) is 0 Å². The molecule has 3 N–H and O–H groups in total. The zero-order valence-electron chi connectivity index (χ0n) is 17.0. The third-order valence-corrected chi connectivity index (χ3v) is 4.46. The van der Waals surface area contributed by atoms with Crippen LogP contribution in [0, 0.1) is 0 Å². The molecule has 5 nitrogen and oxygen atoms in total. The van der Waals surface area contributed by atoms with Crippen LogP contribution in [-0.2, 0) is 20.9 Å². The van der Waals surface area contributed by atoms with Gasteiger partial charge in [0.1, 0.15) is 0 Å². The van der Waals surface area contributed by atoms with Crippen LogP contribution in [0.25, 0.3) is 6.08 Å². The average Bonchev–Trinajstić information content (AvgIpc) is 2.82. The number of rotatable bonds is 8. The fourth-order valence-corrected chi connectivity index (χ4v) is 2.82. The maximum atomic E-state index is 12.8. The number of ether oxygens (including phenoxy) is 1. The van der Waals surface area contributed by atoms with Crippen LogP contribution in [-0.4, -0.2) is 11.9 Å². The molecule has 1 unspecified atom stereocenters. The zero-order chi connectivity index (χ0) is 21.9. The summed E-state index contributed by atoms with van der Waals surface area (Å²) in [6, 6.07) is 28.0. The molecular formula is C26H24N2O3. The van der Waals surface area contributed by atoms with Gasteiger partial charge in [0.15, 0.2) is 6.23 Å². The van der Waals surface area contributed by atoms with E-state index in [1.165, 1.54) is 0 Å². The molecule has 31 heavy (non-hydrogen) atoms. The second kappa shape index (κ2) is 11.3. The summed E-state index contributed by atoms with van der Waals surface area (Å²) in [5.74, 6) is -1.08. The van der Waals surface area contributed by atoms with Crippen LogP contribution >= 0.6 is 0 Å². The van der Waals surface area contributed by atoms with E-state index in [9.17, 15) is 9.59 Å². The van der Waals surface area contributed by atoms with Crippen molar-refractivity contribution in [3.8, 4) is 0 Å². The molecule has 0 aliphatic heterocycles. The standard InChI is InChI=1S/C26H24N2O3/c27-25(22-14-8-3-9-15-22)31-24(29)18-23(17-16-20-10-4-1-5-11-20)26(30)28-19-21-12-6-2-7-13-21/h1-18,25H,19,27H2,(H,28,30). The van der Waals surface area contributed by atoms with Crippen molar-refractivity contribution in [3.05, 3.63) is 125 Å². The third-order valence-electron chi connectivity index (χ3n) is 4.46. The van der Waals surface area contributed by atoms with Gasteiger partial charge in [-0.15, -0.1) is 0 Å². The molecule has 3 rings (SSSR count). The summed E-state index contributed by atoms with van der Waals surface area (Å²) < 4.78 is 5.28. The number of hydrogen-bond acceptors (Lipinski definition) is 4. The molecule has 5 heteroatoms. The number of carbonyl (C=O) groups is 2. The number of esters is 1. The van der Waals surface area contributed by atoms with E-state index in [-0.39, 0.29) is 11.5 Å². The number of carbonyl (C=O) groups excluding carboxylic acids is 2. The lowest BCUT2D eigenvalue weighted by molar-refractivity contribution is -0.143. The first-order valence-corrected chi connectivity index (χ1v) is 9.90. The van der Waals surface area contributed by atoms with E-state index in [2.05, 4.69) is 5.32 Å².